The average Bonchev–Trinajstić information content (AvgIpc) is 2.38. The monoisotopic (exact) mass is 307 g/mol. The number of methoxy groups -OCH3 is 1. The predicted molar refractivity (Wildman–Crippen MR) is 70.0 cm³/mol. The molecule has 0 aliphatic heterocycles. The van der Waals surface area contributed by atoms with E-state index in [1.807, 2.05) is 0 Å². The zero-order chi connectivity index (χ0) is 14.6. The van der Waals surface area contributed by atoms with E-state index in [1.54, 1.807) is 0 Å². The Labute approximate surface area is 120 Å². The van der Waals surface area contributed by atoms with Gasteiger partial charge in [-0.3, -0.25) is 9.59 Å². The highest BCUT2D eigenvalue weighted by Crippen LogP contribution is 2.25. The van der Waals surface area contributed by atoms with E-state index >= 15 is 0 Å². The molecule has 0 radical (unpaired) electrons. The third-order valence-electron chi connectivity index (χ3n) is 2.47. The zero-order valence-corrected chi connectivity index (χ0v) is 11.9. The highest BCUT2D eigenvalue weighted by Gasteiger charge is 2.18. The van der Waals surface area contributed by atoms with Crippen LogP contribution in [0.15, 0.2) is 12.1 Å². The Kier molecular flexibility index (Phi) is 5.57. The van der Waals surface area contributed by atoms with E-state index in [-0.39, 0.29) is 28.6 Å². The predicted octanol–water partition coefficient (Wildman–Crippen LogP) is 2.77. The molecule has 0 unspecified atom stereocenters. The molecule has 4 nitrogen and oxygen atoms in total. The van der Waals surface area contributed by atoms with Gasteiger partial charge in [-0.2, -0.15) is 0 Å². The van der Waals surface area contributed by atoms with Gasteiger partial charge in [0.25, 0.3) is 5.91 Å². The highest BCUT2D eigenvalue weighted by molar-refractivity contribution is 6.36. The molecule has 0 aliphatic carbocycles. The first-order valence-electron chi connectivity index (χ1n) is 5.33. The summed E-state index contributed by atoms with van der Waals surface area (Å²) in [7, 11) is 2.74. The van der Waals surface area contributed by atoms with Crippen molar-refractivity contribution in [2.24, 2.45) is 0 Å². The van der Waals surface area contributed by atoms with Crippen molar-refractivity contribution < 1.29 is 18.7 Å². The van der Waals surface area contributed by atoms with Crippen LogP contribution in [-0.2, 0) is 9.53 Å². The summed E-state index contributed by atoms with van der Waals surface area (Å²) in [6, 6.07) is 2.14. The Morgan fingerprint density at radius 2 is 1.95 bits per heavy atom. The molecule has 0 N–H and O–H groups in total. The van der Waals surface area contributed by atoms with Crippen LogP contribution >= 0.6 is 23.2 Å². The van der Waals surface area contributed by atoms with Crippen molar-refractivity contribution in [3.05, 3.63) is 33.6 Å². The summed E-state index contributed by atoms with van der Waals surface area (Å²) in [5, 5.41) is -0.0971. The first-order chi connectivity index (χ1) is 8.86. The van der Waals surface area contributed by atoms with Gasteiger partial charge in [0.05, 0.1) is 29.1 Å². The van der Waals surface area contributed by atoms with Crippen molar-refractivity contribution in [3.63, 3.8) is 0 Å². The summed E-state index contributed by atoms with van der Waals surface area (Å²) in [5.74, 6) is -1.66. The lowest BCUT2D eigenvalue weighted by Gasteiger charge is -2.17. The lowest BCUT2D eigenvalue weighted by molar-refractivity contribution is -0.140. The molecular formula is C12H12Cl2FNO3. The van der Waals surface area contributed by atoms with Gasteiger partial charge >= 0.3 is 5.97 Å². The maximum atomic E-state index is 13.3. The molecule has 0 aromatic heterocycles. The normalized spacial score (nSPS) is 10.2. The average molecular weight is 308 g/mol. The molecule has 104 valence electrons. The van der Waals surface area contributed by atoms with Gasteiger partial charge in [0.2, 0.25) is 0 Å². The fraction of sp³-hybridized carbons (Fsp3) is 0.333. The van der Waals surface area contributed by atoms with E-state index in [4.69, 9.17) is 23.2 Å². The maximum absolute atomic E-state index is 13.3. The molecule has 7 heteroatoms. The third-order valence-corrected chi connectivity index (χ3v) is 3.07. The van der Waals surface area contributed by atoms with Crippen molar-refractivity contribution >= 4 is 35.1 Å². The number of nitrogens with zero attached hydrogens (tertiary/aromatic N) is 1. The molecule has 0 bridgehead atoms. The van der Waals surface area contributed by atoms with Crippen molar-refractivity contribution in [1.29, 1.82) is 0 Å². The molecule has 1 amide bonds. The second-order valence-electron chi connectivity index (χ2n) is 3.80. The second kappa shape index (κ2) is 6.73. The molecule has 1 rings (SSSR count). The van der Waals surface area contributed by atoms with Crippen molar-refractivity contribution in [2.75, 3.05) is 20.7 Å². The first kappa shape index (κ1) is 15.7. The number of esters is 1. The summed E-state index contributed by atoms with van der Waals surface area (Å²) >= 11 is 11.4. The second-order valence-corrected chi connectivity index (χ2v) is 4.61. The van der Waals surface area contributed by atoms with E-state index in [0.717, 1.165) is 6.07 Å². The molecule has 0 aliphatic rings. The number of rotatable bonds is 4. The summed E-state index contributed by atoms with van der Waals surface area (Å²) in [4.78, 5) is 24.2. The topological polar surface area (TPSA) is 46.6 Å². The largest absolute Gasteiger partial charge is 0.469 e. The summed E-state index contributed by atoms with van der Waals surface area (Å²) in [6.45, 7) is 0.145. The van der Waals surface area contributed by atoms with Crippen molar-refractivity contribution in [1.82, 2.24) is 4.90 Å². The lowest BCUT2D eigenvalue weighted by atomic mass is 10.2. The molecule has 0 saturated heterocycles. The smallest absolute Gasteiger partial charge is 0.307 e. The number of carbonyl (C=O) groups excluding carboxylic acids is 2. The summed E-state index contributed by atoms with van der Waals surface area (Å²) in [5.41, 5.74) is -0.00377. The van der Waals surface area contributed by atoms with Crippen LogP contribution in [0.25, 0.3) is 0 Å². The number of halogens is 3. The van der Waals surface area contributed by atoms with Gasteiger partial charge in [0, 0.05) is 13.6 Å². The Morgan fingerprint density at radius 3 is 2.53 bits per heavy atom. The van der Waals surface area contributed by atoms with Gasteiger partial charge in [0.1, 0.15) is 5.82 Å². The number of amides is 1. The number of ether oxygens (including phenoxy) is 1. The van der Waals surface area contributed by atoms with Crippen LogP contribution in [0.5, 0.6) is 0 Å². The van der Waals surface area contributed by atoms with Crippen LogP contribution in [0, 0.1) is 5.82 Å². The number of hydrogen-bond donors (Lipinski definition) is 0. The lowest BCUT2D eigenvalue weighted by Crippen LogP contribution is -2.29. The Bertz CT molecular complexity index is 508. The standard InChI is InChI=1S/C12H12Cl2FNO3/c1-16(4-3-11(17)19-2)12(18)7-5-10(15)9(14)6-8(7)13/h5-6H,3-4H2,1-2H3. The van der Waals surface area contributed by atoms with Crippen molar-refractivity contribution in [2.45, 2.75) is 6.42 Å². The minimum Gasteiger partial charge on any atom is -0.469 e. The third kappa shape index (κ3) is 4.08. The minimum absolute atomic E-state index is 0.00377. The molecule has 0 heterocycles. The zero-order valence-electron chi connectivity index (χ0n) is 10.4. The summed E-state index contributed by atoms with van der Waals surface area (Å²) in [6.07, 6.45) is 0.0480. The number of benzene rings is 1. The maximum Gasteiger partial charge on any atom is 0.307 e. The van der Waals surface area contributed by atoms with E-state index in [0.29, 0.717) is 0 Å². The van der Waals surface area contributed by atoms with E-state index < -0.39 is 17.7 Å². The molecule has 19 heavy (non-hydrogen) atoms. The Hall–Kier alpha value is -1.33. The quantitative estimate of drug-likeness (QED) is 0.635. The molecule has 0 atom stereocenters. The summed E-state index contributed by atoms with van der Waals surface area (Å²) < 4.78 is 17.8. The first-order valence-corrected chi connectivity index (χ1v) is 6.09. The Morgan fingerprint density at radius 1 is 1.32 bits per heavy atom. The van der Waals surface area contributed by atoms with Gasteiger partial charge in [-0.1, -0.05) is 23.2 Å². The van der Waals surface area contributed by atoms with E-state index in [9.17, 15) is 14.0 Å². The van der Waals surface area contributed by atoms with E-state index in [2.05, 4.69) is 4.74 Å². The number of hydrogen-bond acceptors (Lipinski definition) is 3. The molecule has 1 aromatic carbocycles. The molecule has 0 spiro atoms. The van der Waals surface area contributed by atoms with Crippen LogP contribution in [0.4, 0.5) is 4.39 Å². The van der Waals surface area contributed by atoms with Crippen LogP contribution in [-0.4, -0.2) is 37.5 Å². The van der Waals surface area contributed by atoms with Crippen LogP contribution in [0.2, 0.25) is 10.0 Å². The van der Waals surface area contributed by atoms with Gasteiger partial charge in [-0.05, 0) is 12.1 Å². The van der Waals surface area contributed by atoms with Gasteiger partial charge in [-0.15, -0.1) is 0 Å². The molecule has 1 aromatic rings. The van der Waals surface area contributed by atoms with Gasteiger partial charge in [0.15, 0.2) is 0 Å². The van der Waals surface area contributed by atoms with Gasteiger partial charge in [-0.25, -0.2) is 4.39 Å². The SMILES string of the molecule is COC(=O)CCN(C)C(=O)c1cc(F)c(Cl)cc1Cl. The molecular weight excluding hydrogens is 296 g/mol. The Balaban J connectivity index is 2.82. The number of carbonyl (C=O) groups is 2. The van der Waals surface area contributed by atoms with Crippen LogP contribution in [0.3, 0.4) is 0 Å². The fourth-order valence-corrected chi connectivity index (χ4v) is 1.82. The molecule has 0 saturated carbocycles. The van der Waals surface area contributed by atoms with E-state index in [1.165, 1.54) is 25.1 Å². The van der Waals surface area contributed by atoms with Crippen LogP contribution in [0.1, 0.15) is 16.8 Å². The molecule has 0 fully saturated rings. The van der Waals surface area contributed by atoms with Crippen LogP contribution < -0.4 is 0 Å². The minimum atomic E-state index is -0.726. The fourth-order valence-electron chi connectivity index (χ4n) is 1.35. The van der Waals surface area contributed by atoms with Crippen molar-refractivity contribution in [3.8, 4) is 0 Å². The van der Waals surface area contributed by atoms with Gasteiger partial charge < -0.3 is 9.64 Å². The highest BCUT2D eigenvalue weighted by atomic mass is 35.5.